The number of nitrogens with one attached hydrogen (secondary N) is 1. The first-order chi connectivity index (χ1) is 18.1. The predicted molar refractivity (Wildman–Crippen MR) is 142 cm³/mol. The lowest BCUT2D eigenvalue weighted by Gasteiger charge is -2.19. The zero-order valence-electron chi connectivity index (χ0n) is 21.7. The molecule has 0 bridgehead atoms. The van der Waals surface area contributed by atoms with E-state index in [1.165, 1.54) is 18.2 Å². The topological polar surface area (TPSA) is 103 Å². The van der Waals surface area contributed by atoms with Crippen LogP contribution in [0.25, 0.3) is 22.5 Å². The van der Waals surface area contributed by atoms with Crippen molar-refractivity contribution in [2.24, 2.45) is 0 Å². The molecule has 11 heteroatoms. The molecule has 1 aromatic carbocycles. The number of aromatic nitrogens is 5. The SMILES string of the molecule is CC[C@H](C)c1cc(-c2c(F)cccc2F)nnc1C(C)c1cccc(-c2cnn(CCNS(C)(=O)=O)c2)n1. The van der Waals surface area contributed by atoms with E-state index < -0.39 is 21.7 Å². The maximum Gasteiger partial charge on any atom is 0.208 e. The first-order valence-corrected chi connectivity index (χ1v) is 14.2. The van der Waals surface area contributed by atoms with Crippen LogP contribution in [-0.4, -0.2) is 46.2 Å². The van der Waals surface area contributed by atoms with E-state index in [0.717, 1.165) is 29.5 Å². The Balaban J connectivity index is 1.64. The molecule has 2 atom stereocenters. The van der Waals surface area contributed by atoms with Gasteiger partial charge in [0.05, 0.1) is 41.6 Å². The summed E-state index contributed by atoms with van der Waals surface area (Å²) in [6, 6.07) is 11.1. The van der Waals surface area contributed by atoms with Gasteiger partial charge in [0.1, 0.15) is 11.6 Å². The maximum atomic E-state index is 14.4. The minimum absolute atomic E-state index is 0.0819. The molecule has 0 aliphatic carbocycles. The summed E-state index contributed by atoms with van der Waals surface area (Å²) in [7, 11) is -3.27. The van der Waals surface area contributed by atoms with Crippen LogP contribution in [0.15, 0.2) is 54.9 Å². The molecule has 0 saturated heterocycles. The predicted octanol–water partition coefficient (Wildman–Crippen LogP) is 4.89. The molecule has 0 amide bonds. The molecule has 4 rings (SSSR count). The van der Waals surface area contributed by atoms with Crippen molar-refractivity contribution < 1.29 is 17.2 Å². The van der Waals surface area contributed by atoms with Gasteiger partial charge in [0, 0.05) is 29.9 Å². The lowest BCUT2D eigenvalue weighted by atomic mass is 9.89. The van der Waals surface area contributed by atoms with Gasteiger partial charge in [0.15, 0.2) is 0 Å². The minimum Gasteiger partial charge on any atom is -0.271 e. The number of benzene rings is 1. The quantitative estimate of drug-likeness (QED) is 0.307. The van der Waals surface area contributed by atoms with Crippen molar-refractivity contribution in [2.75, 3.05) is 12.8 Å². The highest BCUT2D eigenvalue weighted by Crippen LogP contribution is 2.34. The highest BCUT2D eigenvalue weighted by atomic mass is 32.2. The zero-order chi connectivity index (χ0) is 27.4. The number of halogens is 2. The van der Waals surface area contributed by atoms with E-state index in [1.807, 2.05) is 45.2 Å². The van der Waals surface area contributed by atoms with Crippen LogP contribution in [0.3, 0.4) is 0 Å². The Morgan fingerprint density at radius 1 is 1.03 bits per heavy atom. The van der Waals surface area contributed by atoms with E-state index in [0.29, 0.717) is 17.9 Å². The summed E-state index contributed by atoms with van der Waals surface area (Å²) in [5, 5.41) is 13.0. The van der Waals surface area contributed by atoms with E-state index in [-0.39, 0.29) is 29.6 Å². The number of sulfonamides is 1. The molecule has 0 aliphatic heterocycles. The van der Waals surface area contributed by atoms with Crippen LogP contribution in [0.2, 0.25) is 0 Å². The van der Waals surface area contributed by atoms with E-state index in [2.05, 4.69) is 20.0 Å². The summed E-state index contributed by atoms with van der Waals surface area (Å²) in [5.74, 6) is -1.52. The second-order valence-corrected chi connectivity index (χ2v) is 11.1. The molecule has 0 radical (unpaired) electrons. The summed E-state index contributed by atoms with van der Waals surface area (Å²) in [6.45, 7) is 6.68. The second kappa shape index (κ2) is 11.4. The van der Waals surface area contributed by atoms with Crippen LogP contribution < -0.4 is 4.72 Å². The van der Waals surface area contributed by atoms with Crippen molar-refractivity contribution in [1.82, 2.24) is 29.7 Å². The Morgan fingerprint density at radius 3 is 2.42 bits per heavy atom. The fraction of sp³-hybridized carbons (Fsp3) is 0.333. The molecule has 0 saturated carbocycles. The molecule has 200 valence electrons. The summed E-state index contributed by atoms with van der Waals surface area (Å²) >= 11 is 0. The van der Waals surface area contributed by atoms with Gasteiger partial charge in [-0.05, 0) is 48.2 Å². The van der Waals surface area contributed by atoms with Gasteiger partial charge in [0.2, 0.25) is 10.0 Å². The second-order valence-electron chi connectivity index (χ2n) is 9.30. The molecular weight excluding hydrogens is 510 g/mol. The van der Waals surface area contributed by atoms with Crippen molar-refractivity contribution in [3.63, 3.8) is 0 Å². The Labute approximate surface area is 221 Å². The van der Waals surface area contributed by atoms with Gasteiger partial charge in [-0.2, -0.15) is 15.3 Å². The highest BCUT2D eigenvalue weighted by molar-refractivity contribution is 7.88. The minimum atomic E-state index is -3.27. The monoisotopic (exact) mass is 540 g/mol. The fourth-order valence-corrected chi connectivity index (χ4v) is 4.65. The fourth-order valence-electron chi connectivity index (χ4n) is 4.19. The van der Waals surface area contributed by atoms with E-state index >= 15 is 0 Å². The molecule has 38 heavy (non-hydrogen) atoms. The van der Waals surface area contributed by atoms with Crippen LogP contribution in [-0.2, 0) is 16.6 Å². The van der Waals surface area contributed by atoms with Gasteiger partial charge in [0.25, 0.3) is 0 Å². The lowest BCUT2D eigenvalue weighted by Crippen LogP contribution is -2.26. The van der Waals surface area contributed by atoms with Crippen molar-refractivity contribution in [3.8, 4) is 22.5 Å². The normalized spacial score (nSPS) is 13.4. The third-order valence-electron chi connectivity index (χ3n) is 6.47. The molecule has 0 aliphatic rings. The zero-order valence-corrected chi connectivity index (χ0v) is 22.5. The molecular formula is C27H30F2N6O2S. The number of nitrogens with zero attached hydrogens (tertiary/aromatic N) is 5. The third-order valence-corrected chi connectivity index (χ3v) is 7.20. The number of rotatable bonds is 10. The van der Waals surface area contributed by atoms with Gasteiger partial charge in [-0.25, -0.2) is 21.9 Å². The molecule has 3 aromatic heterocycles. The van der Waals surface area contributed by atoms with Crippen molar-refractivity contribution in [1.29, 1.82) is 0 Å². The largest absolute Gasteiger partial charge is 0.271 e. The van der Waals surface area contributed by atoms with Gasteiger partial charge in [-0.3, -0.25) is 9.67 Å². The first-order valence-electron chi connectivity index (χ1n) is 12.3. The summed E-state index contributed by atoms with van der Waals surface area (Å²) in [4.78, 5) is 4.83. The maximum absolute atomic E-state index is 14.4. The molecule has 0 spiro atoms. The average Bonchev–Trinajstić information content (AvgIpc) is 3.36. The van der Waals surface area contributed by atoms with Crippen molar-refractivity contribution in [2.45, 2.75) is 45.6 Å². The van der Waals surface area contributed by atoms with Crippen LogP contribution in [0.5, 0.6) is 0 Å². The van der Waals surface area contributed by atoms with Gasteiger partial charge >= 0.3 is 0 Å². The third kappa shape index (κ3) is 6.28. The molecule has 1 unspecified atom stereocenters. The average molecular weight is 541 g/mol. The number of hydrogen-bond acceptors (Lipinski definition) is 6. The van der Waals surface area contributed by atoms with E-state index in [9.17, 15) is 17.2 Å². The van der Waals surface area contributed by atoms with Crippen molar-refractivity contribution >= 4 is 10.0 Å². The summed E-state index contributed by atoms with van der Waals surface area (Å²) in [5.41, 5.74) is 3.80. The Kier molecular flexibility index (Phi) is 8.27. The van der Waals surface area contributed by atoms with Gasteiger partial charge < -0.3 is 0 Å². The number of hydrogen-bond donors (Lipinski definition) is 1. The van der Waals surface area contributed by atoms with Crippen LogP contribution >= 0.6 is 0 Å². The Morgan fingerprint density at radius 2 is 1.74 bits per heavy atom. The standard InChI is InChI=1S/C27H30F2N6O2S/c1-5-17(2)20-14-25(26-21(28)8-6-9-22(26)29)33-34-27(20)18(3)23-10-7-11-24(32-23)19-15-30-35(16-19)13-12-31-38(4,36)37/h6-11,14-18,31H,5,12-13H2,1-4H3/t17-,18?/m0/s1. The van der Waals surface area contributed by atoms with Crippen molar-refractivity contribution in [3.05, 3.63) is 83.4 Å². The molecule has 3 heterocycles. The summed E-state index contributed by atoms with van der Waals surface area (Å²) < 4.78 is 55.5. The smallest absolute Gasteiger partial charge is 0.208 e. The highest BCUT2D eigenvalue weighted by Gasteiger charge is 2.23. The van der Waals surface area contributed by atoms with Crippen LogP contribution in [0.4, 0.5) is 8.78 Å². The Hall–Kier alpha value is -3.57. The Bertz CT molecular complexity index is 1520. The van der Waals surface area contributed by atoms with Crippen LogP contribution in [0.1, 0.15) is 56.0 Å². The molecule has 8 nitrogen and oxygen atoms in total. The lowest BCUT2D eigenvalue weighted by molar-refractivity contribution is 0.565. The molecule has 4 aromatic rings. The molecule has 1 N–H and O–H groups in total. The van der Waals surface area contributed by atoms with Gasteiger partial charge in [-0.1, -0.05) is 32.9 Å². The van der Waals surface area contributed by atoms with E-state index in [1.54, 1.807) is 16.9 Å². The number of pyridine rings is 1. The molecule has 0 fully saturated rings. The first kappa shape index (κ1) is 27.5. The van der Waals surface area contributed by atoms with E-state index in [4.69, 9.17) is 4.98 Å². The van der Waals surface area contributed by atoms with Crippen LogP contribution in [0, 0.1) is 11.6 Å². The summed E-state index contributed by atoms with van der Waals surface area (Å²) in [6.07, 6.45) is 5.41. The van der Waals surface area contributed by atoms with Gasteiger partial charge in [-0.15, -0.1) is 0 Å².